The Hall–Kier alpha value is -3.60. The zero-order chi connectivity index (χ0) is 27.1. The molecule has 1 N–H and O–H groups in total. The molecule has 39 heavy (non-hydrogen) atoms. The second-order valence-corrected chi connectivity index (χ2v) is 11.4. The number of amides is 1. The molecule has 1 aromatic carbocycles. The highest BCUT2D eigenvalue weighted by atomic mass is 32.2. The molecule has 0 atom stereocenters. The van der Waals surface area contributed by atoms with E-state index in [4.69, 9.17) is 9.15 Å². The van der Waals surface area contributed by atoms with Gasteiger partial charge in [-0.25, -0.2) is 14.2 Å². The molecule has 11 heteroatoms. The van der Waals surface area contributed by atoms with Crippen molar-refractivity contribution in [3.05, 3.63) is 68.9 Å². The van der Waals surface area contributed by atoms with Crippen LogP contribution in [0.1, 0.15) is 61.2 Å². The fourth-order valence-corrected chi connectivity index (χ4v) is 6.88. The van der Waals surface area contributed by atoms with Crippen molar-refractivity contribution in [1.82, 2.24) is 19.4 Å². The van der Waals surface area contributed by atoms with Crippen molar-refractivity contribution in [2.24, 2.45) is 0 Å². The molecule has 1 aliphatic carbocycles. The monoisotopic (exact) mass is 552 g/mol. The summed E-state index contributed by atoms with van der Waals surface area (Å²) < 4.78 is 28.0. The van der Waals surface area contributed by atoms with E-state index in [1.807, 2.05) is 17.8 Å². The summed E-state index contributed by atoms with van der Waals surface area (Å²) in [6.07, 6.45) is 4.91. The summed E-state index contributed by atoms with van der Waals surface area (Å²) in [4.78, 5) is 44.3. The average molecular weight is 553 g/mol. The van der Waals surface area contributed by atoms with Crippen LogP contribution in [0.25, 0.3) is 22.0 Å². The van der Waals surface area contributed by atoms with Gasteiger partial charge in [-0.2, -0.15) is 11.8 Å². The van der Waals surface area contributed by atoms with Crippen LogP contribution in [0.15, 0.2) is 50.5 Å². The van der Waals surface area contributed by atoms with E-state index in [1.54, 1.807) is 29.9 Å². The quantitative estimate of drug-likeness (QED) is 0.390. The van der Waals surface area contributed by atoms with Crippen molar-refractivity contribution in [3.8, 4) is 5.75 Å². The average Bonchev–Trinajstić information content (AvgIpc) is 3.39. The Morgan fingerprint density at radius 3 is 2.54 bits per heavy atom. The number of nitrogens with one attached hydrogen (secondary N) is 1. The smallest absolute Gasteiger partial charge is 0.333 e. The lowest BCUT2D eigenvalue weighted by molar-refractivity contribution is 0.0896. The number of hydrogen-bond donors (Lipinski definition) is 1. The molecular formula is C28H29FN4O5S. The summed E-state index contributed by atoms with van der Waals surface area (Å²) in [7, 11) is 1.58. The van der Waals surface area contributed by atoms with E-state index in [1.165, 1.54) is 10.6 Å². The van der Waals surface area contributed by atoms with Crippen molar-refractivity contribution in [3.63, 3.8) is 0 Å². The van der Waals surface area contributed by atoms with Gasteiger partial charge >= 0.3 is 5.69 Å². The molecule has 1 aliphatic heterocycles. The SMILES string of the molecule is COc1ccc2oc(C(=O)N[C@H]3CC[C@@H](n4c(=O)c5cc(F)cnc5n(C5CCSCC5)c4=O)CC3)cc2c1. The Morgan fingerprint density at radius 2 is 1.79 bits per heavy atom. The Kier molecular flexibility index (Phi) is 6.92. The number of carbonyl (C=O) groups is 1. The lowest BCUT2D eigenvalue weighted by Gasteiger charge is -2.31. The zero-order valence-electron chi connectivity index (χ0n) is 21.5. The van der Waals surface area contributed by atoms with E-state index in [-0.39, 0.29) is 46.5 Å². The highest BCUT2D eigenvalue weighted by Gasteiger charge is 2.30. The third-order valence-electron chi connectivity index (χ3n) is 7.82. The van der Waals surface area contributed by atoms with E-state index in [0.29, 0.717) is 37.0 Å². The molecule has 9 nitrogen and oxygen atoms in total. The summed E-state index contributed by atoms with van der Waals surface area (Å²) >= 11 is 1.84. The number of halogens is 1. The van der Waals surface area contributed by atoms with Crippen LogP contribution in [0.4, 0.5) is 4.39 Å². The molecule has 1 amide bonds. The number of fused-ring (bicyclic) bond motifs is 2. The lowest BCUT2D eigenvalue weighted by atomic mass is 9.90. The van der Waals surface area contributed by atoms with Gasteiger partial charge in [-0.05, 0) is 80.4 Å². The van der Waals surface area contributed by atoms with Gasteiger partial charge in [0.1, 0.15) is 22.8 Å². The maximum atomic E-state index is 14.1. The Bertz CT molecular complexity index is 1660. The fraction of sp³-hybridized carbons (Fsp3) is 0.429. The number of thioether (sulfide) groups is 1. The van der Waals surface area contributed by atoms with E-state index in [0.717, 1.165) is 35.9 Å². The van der Waals surface area contributed by atoms with Crippen LogP contribution >= 0.6 is 11.8 Å². The molecule has 4 heterocycles. The number of ether oxygens (including phenoxy) is 1. The summed E-state index contributed by atoms with van der Waals surface area (Å²) in [5, 5.41) is 3.93. The number of furan rings is 1. The minimum absolute atomic E-state index is 0.0783. The largest absolute Gasteiger partial charge is 0.497 e. The van der Waals surface area contributed by atoms with E-state index in [9.17, 15) is 18.8 Å². The third kappa shape index (κ3) is 4.84. The van der Waals surface area contributed by atoms with E-state index < -0.39 is 11.4 Å². The number of hydrogen-bond acceptors (Lipinski definition) is 7. The van der Waals surface area contributed by atoms with Crippen molar-refractivity contribution in [2.45, 2.75) is 56.7 Å². The number of benzene rings is 1. The van der Waals surface area contributed by atoms with Crippen LogP contribution in [0.5, 0.6) is 5.75 Å². The number of nitrogens with zero attached hydrogens (tertiary/aromatic N) is 3. The molecular weight excluding hydrogens is 523 g/mol. The first-order chi connectivity index (χ1) is 18.9. The number of rotatable bonds is 5. The third-order valence-corrected chi connectivity index (χ3v) is 8.87. The number of aromatic nitrogens is 3. The van der Waals surface area contributed by atoms with Crippen LogP contribution in [0.2, 0.25) is 0 Å². The van der Waals surface area contributed by atoms with Gasteiger partial charge in [0.15, 0.2) is 5.76 Å². The molecule has 204 valence electrons. The maximum absolute atomic E-state index is 14.1. The summed E-state index contributed by atoms with van der Waals surface area (Å²) in [5.74, 6) is 1.82. The molecule has 3 aromatic heterocycles. The lowest BCUT2D eigenvalue weighted by Crippen LogP contribution is -2.46. The molecule has 2 fully saturated rings. The van der Waals surface area contributed by atoms with E-state index >= 15 is 0 Å². The molecule has 0 bridgehead atoms. The van der Waals surface area contributed by atoms with Crippen LogP contribution < -0.4 is 21.3 Å². The molecule has 6 rings (SSSR count). The number of methoxy groups -OCH3 is 1. The molecule has 0 spiro atoms. The summed E-state index contributed by atoms with van der Waals surface area (Å²) in [6.45, 7) is 0. The normalized spacial score (nSPS) is 20.4. The molecule has 0 unspecified atom stereocenters. The van der Waals surface area contributed by atoms with Gasteiger partial charge in [0.2, 0.25) is 0 Å². The van der Waals surface area contributed by atoms with Crippen molar-refractivity contribution in [1.29, 1.82) is 0 Å². The van der Waals surface area contributed by atoms with Gasteiger partial charge < -0.3 is 14.5 Å². The minimum atomic E-state index is -0.606. The maximum Gasteiger partial charge on any atom is 0.333 e. The first kappa shape index (κ1) is 25.7. The first-order valence-corrected chi connectivity index (χ1v) is 14.4. The molecule has 1 saturated carbocycles. The highest BCUT2D eigenvalue weighted by molar-refractivity contribution is 7.99. The molecule has 4 aromatic rings. The predicted molar refractivity (Wildman–Crippen MR) is 147 cm³/mol. The summed E-state index contributed by atoms with van der Waals surface area (Å²) in [6, 6.07) is 7.68. The fourth-order valence-electron chi connectivity index (χ4n) is 5.79. The van der Waals surface area contributed by atoms with Crippen molar-refractivity contribution >= 4 is 39.7 Å². The van der Waals surface area contributed by atoms with Gasteiger partial charge in [0.25, 0.3) is 11.5 Å². The van der Waals surface area contributed by atoms with Gasteiger partial charge in [0, 0.05) is 23.5 Å². The first-order valence-electron chi connectivity index (χ1n) is 13.2. The van der Waals surface area contributed by atoms with Crippen LogP contribution in [-0.4, -0.2) is 44.7 Å². The van der Waals surface area contributed by atoms with Crippen LogP contribution in [0.3, 0.4) is 0 Å². The van der Waals surface area contributed by atoms with Gasteiger partial charge in [-0.1, -0.05) is 0 Å². The Labute approximate surface area is 227 Å². The van der Waals surface area contributed by atoms with E-state index in [2.05, 4.69) is 10.3 Å². The topological polar surface area (TPSA) is 108 Å². The van der Waals surface area contributed by atoms with Crippen molar-refractivity contribution in [2.75, 3.05) is 18.6 Å². The second kappa shape index (κ2) is 10.5. The molecule has 1 saturated heterocycles. The van der Waals surface area contributed by atoms with Gasteiger partial charge in [-0.3, -0.25) is 18.7 Å². The summed E-state index contributed by atoms with van der Waals surface area (Å²) in [5.41, 5.74) is -0.0367. The standard InChI is InChI=1S/C28H29FN4O5S/c1-37-21-6-7-23-16(12-21)13-24(38-23)26(34)31-18-2-4-19(5-3-18)33-27(35)22-14-17(29)15-30-25(22)32(28(33)36)20-8-10-39-11-9-20/h6-7,12-15,18-20H,2-5,8-11H2,1H3,(H,31,34)/t18-,19+. The van der Waals surface area contributed by atoms with Crippen LogP contribution in [0, 0.1) is 5.82 Å². The Morgan fingerprint density at radius 1 is 1.05 bits per heavy atom. The highest BCUT2D eigenvalue weighted by Crippen LogP contribution is 2.31. The number of carbonyl (C=O) groups excluding carboxylic acids is 1. The van der Waals surface area contributed by atoms with Gasteiger partial charge in [0.05, 0.1) is 18.7 Å². The molecule has 2 aliphatic rings. The zero-order valence-corrected chi connectivity index (χ0v) is 22.3. The molecule has 0 radical (unpaired) electrons. The predicted octanol–water partition coefficient (Wildman–Crippen LogP) is 4.43. The Balaban J connectivity index is 1.23. The van der Waals surface area contributed by atoms with Gasteiger partial charge in [-0.15, -0.1) is 0 Å². The van der Waals surface area contributed by atoms with Crippen LogP contribution in [-0.2, 0) is 0 Å². The van der Waals surface area contributed by atoms with Crippen molar-refractivity contribution < 1.29 is 18.3 Å². The minimum Gasteiger partial charge on any atom is -0.497 e. The number of pyridine rings is 1. The second-order valence-electron chi connectivity index (χ2n) is 10.2.